The van der Waals surface area contributed by atoms with E-state index in [1.807, 2.05) is 4.90 Å². The molecule has 5 heteroatoms. The fourth-order valence-electron chi connectivity index (χ4n) is 2.36. The third-order valence-corrected chi connectivity index (χ3v) is 3.60. The molecule has 2 N–H and O–H groups in total. The van der Waals surface area contributed by atoms with Crippen LogP contribution in [0.15, 0.2) is 6.20 Å². The van der Waals surface area contributed by atoms with Crippen LogP contribution in [-0.4, -0.2) is 33.7 Å². The molecule has 1 amide bonds. The maximum atomic E-state index is 12.3. The first-order chi connectivity index (χ1) is 8.13. The van der Waals surface area contributed by atoms with E-state index in [0.29, 0.717) is 17.3 Å². The first-order valence-electron chi connectivity index (χ1n) is 6.20. The number of aryl methyl sites for hydroxylation is 1. The van der Waals surface area contributed by atoms with Gasteiger partial charge in [0.15, 0.2) is 0 Å². The van der Waals surface area contributed by atoms with E-state index in [9.17, 15) is 4.79 Å². The van der Waals surface area contributed by atoms with Gasteiger partial charge >= 0.3 is 0 Å². The molecule has 1 aliphatic heterocycles. The van der Waals surface area contributed by atoms with Crippen molar-refractivity contribution in [3.8, 4) is 0 Å². The highest BCUT2D eigenvalue weighted by molar-refractivity contribution is 5.98. The Hall–Kier alpha value is -1.52. The summed E-state index contributed by atoms with van der Waals surface area (Å²) < 4.78 is 1.54. The standard InChI is InChI=1S/C12H20N4O/c1-3-9-5-4-6-16(8-9)12(17)10-7-14-15(2)11(10)13/h7,9H,3-6,8,13H2,1-2H3. The molecule has 1 unspecified atom stereocenters. The van der Waals surface area contributed by atoms with Crippen molar-refractivity contribution < 1.29 is 4.79 Å². The molecule has 2 heterocycles. The Morgan fingerprint density at radius 3 is 3.00 bits per heavy atom. The maximum Gasteiger partial charge on any atom is 0.259 e. The number of piperidine rings is 1. The summed E-state index contributed by atoms with van der Waals surface area (Å²) >= 11 is 0. The number of rotatable bonds is 2. The van der Waals surface area contributed by atoms with Crippen LogP contribution in [0, 0.1) is 5.92 Å². The van der Waals surface area contributed by atoms with Gasteiger partial charge in [-0.3, -0.25) is 9.48 Å². The predicted molar refractivity (Wildman–Crippen MR) is 66.5 cm³/mol. The van der Waals surface area contributed by atoms with Crippen LogP contribution in [0.5, 0.6) is 0 Å². The van der Waals surface area contributed by atoms with Crippen molar-refractivity contribution in [1.82, 2.24) is 14.7 Å². The van der Waals surface area contributed by atoms with Gasteiger partial charge in [0.1, 0.15) is 11.4 Å². The zero-order valence-corrected chi connectivity index (χ0v) is 10.5. The van der Waals surface area contributed by atoms with Crippen molar-refractivity contribution in [2.45, 2.75) is 26.2 Å². The Kier molecular flexibility index (Phi) is 3.36. The zero-order chi connectivity index (χ0) is 12.4. The number of aromatic nitrogens is 2. The van der Waals surface area contributed by atoms with Crippen LogP contribution in [0.4, 0.5) is 5.82 Å². The normalized spacial score (nSPS) is 20.6. The number of nitrogens with two attached hydrogens (primary N) is 1. The van der Waals surface area contributed by atoms with Crippen LogP contribution in [-0.2, 0) is 7.05 Å². The Bertz CT molecular complexity index is 413. The van der Waals surface area contributed by atoms with Crippen LogP contribution >= 0.6 is 0 Å². The molecule has 17 heavy (non-hydrogen) atoms. The number of amides is 1. The topological polar surface area (TPSA) is 64.2 Å². The van der Waals surface area contributed by atoms with E-state index >= 15 is 0 Å². The summed E-state index contributed by atoms with van der Waals surface area (Å²) in [6, 6.07) is 0. The molecule has 1 atom stereocenters. The lowest BCUT2D eigenvalue weighted by Gasteiger charge is -2.32. The molecule has 0 spiro atoms. The number of likely N-dealkylation sites (tertiary alicyclic amines) is 1. The summed E-state index contributed by atoms with van der Waals surface area (Å²) in [6.45, 7) is 3.87. The first-order valence-corrected chi connectivity index (χ1v) is 6.20. The van der Waals surface area contributed by atoms with E-state index in [1.165, 1.54) is 11.1 Å². The molecule has 0 bridgehead atoms. The summed E-state index contributed by atoms with van der Waals surface area (Å²) in [4.78, 5) is 14.2. The monoisotopic (exact) mass is 236 g/mol. The van der Waals surface area contributed by atoms with E-state index in [2.05, 4.69) is 12.0 Å². The third kappa shape index (κ3) is 2.28. The molecule has 0 aliphatic carbocycles. The van der Waals surface area contributed by atoms with E-state index in [4.69, 9.17) is 5.73 Å². The van der Waals surface area contributed by atoms with Gasteiger partial charge in [0.05, 0.1) is 6.20 Å². The number of carbonyl (C=O) groups is 1. The molecule has 0 saturated carbocycles. The summed E-state index contributed by atoms with van der Waals surface area (Å²) in [5.41, 5.74) is 6.36. The van der Waals surface area contributed by atoms with Crippen molar-refractivity contribution in [3.63, 3.8) is 0 Å². The minimum absolute atomic E-state index is 0.0220. The largest absolute Gasteiger partial charge is 0.383 e. The number of carbonyl (C=O) groups excluding carboxylic acids is 1. The maximum absolute atomic E-state index is 12.3. The Morgan fingerprint density at radius 2 is 2.41 bits per heavy atom. The number of hydrogen-bond acceptors (Lipinski definition) is 3. The smallest absolute Gasteiger partial charge is 0.259 e. The number of nitrogens with zero attached hydrogens (tertiary/aromatic N) is 3. The molecule has 0 aromatic carbocycles. The van der Waals surface area contributed by atoms with Crippen LogP contribution in [0.2, 0.25) is 0 Å². The van der Waals surface area contributed by atoms with Gasteiger partial charge in [-0.15, -0.1) is 0 Å². The molecule has 1 saturated heterocycles. The van der Waals surface area contributed by atoms with Gasteiger partial charge in [0.2, 0.25) is 0 Å². The highest BCUT2D eigenvalue weighted by Crippen LogP contribution is 2.22. The van der Waals surface area contributed by atoms with E-state index in [1.54, 1.807) is 13.2 Å². The van der Waals surface area contributed by atoms with Crippen molar-refractivity contribution >= 4 is 11.7 Å². The average molecular weight is 236 g/mol. The van der Waals surface area contributed by atoms with E-state index in [0.717, 1.165) is 25.9 Å². The van der Waals surface area contributed by atoms with Gasteiger partial charge in [-0.25, -0.2) is 0 Å². The molecular weight excluding hydrogens is 216 g/mol. The Balaban J connectivity index is 2.12. The minimum atomic E-state index is 0.0220. The van der Waals surface area contributed by atoms with Gasteiger partial charge in [-0.05, 0) is 18.8 Å². The average Bonchev–Trinajstić information content (AvgIpc) is 2.69. The number of anilines is 1. The van der Waals surface area contributed by atoms with E-state index in [-0.39, 0.29) is 5.91 Å². The molecule has 1 fully saturated rings. The van der Waals surface area contributed by atoms with Gasteiger partial charge in [-0.2, -0.15) is 5.10 Å². The van der Waals surface area contributed by atoms with Crippen molar-refractivity contribution in [1.29, 1.82) is 0 Å². The molecule has 1 aromatic rings. The van der Waals surface area contributed by atoms with E-state index < -0.39 is 0 Å². The van der Waals surface area contributed by atoms with Crippen LogP contribution in [0.3, 0.4) is 0 Å². The second-order valence-electron chi connectivity index (χ2n) is 4.73. The summed E-state index contributed by atoms with van der Waals surface area (Å²) in [5.74, 6) is 1.10. The van der Waals surface area contributed by atoms with Crippen LogP contribution in [0.1, 0.15) is 36.5 Å². The fraction of sp³-hybridized carbons (Fsp3) is 0.667. The lowest BCUT2D eigenvalue weighted by atomic mass is 9.95. The fourth-order valence-corrected chi connectivity index (χ4v) is 2.36. The van der Waals surface area contributed by atoms with Crippen molar-refractivity contribution in [2.75, 3.05) is 18.8 Å². The van der Waals surface area contributed by atoms with Gasteiger partial charge in [-0.1, -0.05) is 13.3 Å². The number of nitrogen functional groups attached to an aromatic ring is 1. The zero-order valence-electron chi connectivity index (χ0n) is 10.5. The summed E-state index contributed by atoms with van der Waals surface area (Å²) in [7, 11) is 1.75. The van der Waals surface area contributed by atoms with Crippen molar-refractivity contribution in [2.24, 2.45) is 13.0 Å². The van der Waals surface area contributed by atoms with Crippen LogP contribution in [0.25, 0.3) is 0 Å². The Labute approximate surface area is 102 Å². The second kappa shape index (κ2) is 4.77. The molecule has 0 radical (unpaired) electrons. The Morgan fingerprint density at radius 1 is 1.65 bits per heavy atom. The van der Waals surface area contributed by atoms with Gasteiger partial charge in [0, 0.05) is 20.1 Å². The molecule has 5 nitrogen and oxygen atoms in total. The van der Waals surface area contributed by atoms with Gasteiger partial charge in [0.25, 0.3) is 5.91 Å². The molecular formula is C12H20N4O. The highest BCUT2D eigenvalue weighted by atomic mass is 16.2. The summed E-state index contributed by atoms with van der Waals surface area (Å²) in [6.07, 6.45) is 5.01. The minimum Gasteiger partial charge on any atom is -0.383 e. The van der Waals surface area contributed by atoms with Crippen LogP contribution < -0.4 is 5.73 Å². The molecule has 2 rings (SSSR count). The summed E-state index contributed by atoms with van der Waals surface area (Å²) in [5, 5.41) is 4.02. The van der Waals surface area contributed by atoms with Gasteiger partial charge < -0.3 is 10.6 Å². The lowest BCUT2D eigenvalue weighted by molar-refractivity contribution is 0.0672. The molecule has 94 valence electrons. The second-order valence-corrected chi connectivity index (χ2v) is 4.73. The SMILES string of the molecule is CCC1CCCN(C(=O)c2cnn(C)c2N)C1. The molecule has 1 aliphatic rings. The quantitative estimate of drug-likeness (QED) is 0.841. The predicted octanol–water partition coefficient (Wildman–Crippen LogP) is 1.26. The van der Waals surface area contributed by atoms with Crippen molar-refractivity contribution in [3.05, 3.63) is 11.8 Å². The lowest BCUT2D eigenvalue weighted by Crippen LogP contribution is -2.39. The highest BCUT2D eigenvalue weighted by Gasteiger charge is 2.25. The third-order valence-electron chi connectivity index (χ3n) is 3.60. The first kappa shape index (κ1) is 12.0. The number of hydrogen-bond donors (Lipinski definition) is 1. The molecule has 1 aromatic heterocycles.